The molecule has 0 bridgehead atoms. The van der Waals surface area contributed by atoms with Crippen LogP contribution in [0, 0.1) is 16.0 Å². The maximum absolute atomic E-state index is 11.1. The molecule has 2 rings (SSSR count). The highest BCUT2D eigenvalue weighted by atomic mass is 32.2. The molecule has 1 aromatic carbocycles. The van der Waals surface area contributed by atoms with Crippen molar-refractivity contribution in [1.29, 1.82) is 0 Å². The van der Waals surface area contributed by atoms with Crippen LogP contribution in [0.4, 0.5) is 11.4 Å². The molecule has 0 saturated carbocycles. The summed E-state index contributed by atoms with van der Waals surface area (Å²) in [5.41, 5.74) is 0.639. The molecule has 1 heterocycles. The van der Waals surface area contributed by atoms with Gasteiger partial charge in [-0.2, -0.15) is 8.42 Å². The lowest BCUT2D eigenvalue weighted by atomic mass is 9.97. The summed E-state index contributed by atoms with van der Waals surface area (Å²) in [6.45, 7) is 1.53. The standard InChI is InChI=1S/C12H18N4O4S/c13-21(19,20)14-8-10-4-3-7-15(9-10)11-5-1-2-6-12(11)16(17)18/h1-2,5-6,10,14H,3-4,7-9H2,(H2,13,19,20). The van der Waals surface area contributed by atoms with Crippen molar-refractivity contribution in [3.05, 3.63) is 34.4 Å². The van der Waals surface area contributed by atoms with Gasteiger partial charge in [-0.25, -0.2) is 9.86 Å². The van der Waals surface area contributed by atoms with Crippen LogP contribution in [0.5, 0.6) is 0 Å². The Bertz CT molecular complexity index is 619. The largest absolute Gasteiger partial charge is 0.366 e. The lowest BCUT2D eigenvalue weighted by molar-refractivity contribution is -0.384. The molecule has 0 spiro atoms. The molecule has 0 aromatic heterocycles. The molecule has 1 aromatic rings. The molecule has 3 N–H and O–H groups in total. The monoisotopic (exact) mass is 314 g/mol. The van der Waals surface area contributed by atoms with Crippen molar-refractivity contribution in [3.63, 3.8) is 0 Å². The molecule has 1 saturated heterocycles. The van der Waals surface area contributed by atoms with E-state index < -0.39 is 15.1 Å². The Labute approximate surface area is 123 Å². The summed E-state index contributed by atoms with van der Waals surface area (Å²) in [5.74, 6) is 0.0804. The average molecular weight is 314 g/mol. The van der Waals surface area contributed by atoms with Gasteiger partial charge in [0.05, 0.1) is 4.92 Å². The quantitative estimate of drug-likeness (QED) is 0.609. The number of nitrogens with two attached hydrogens (primary N) is 1. The fourth-order valence-electron chi connectivity index (χ4n) is 2.57. The van der Waals surface area contributed by atoms with Crippen molar-refractivity contribution in [1.82, 2.24) is 4.72 Å². The van der Waals surface area contributed by atoms with Crippen LogP contribution in [0.3, 0.4) is 0 Å². The zero-order chi connectivity index (χ0) is 15.5. The SMILES string of the molecule is NS(=O)(=O)NCC1CCCN(c2ccccc2[N+](=O)[O-])C1. The van der Waals surface area contributed by atoms with E-state index in [0.717, 1.165) is 19.4 Å². The molecule has 1 aliphatic heterocycles. The predicted octanol–water partition coefficient (Wildman–Crippen LogP) is 0.604. The molecule has 0 amide bonds. The summed E-state index contributed by atoms with van der Waals surface area (Å²) in [6, 6.07) is 6.58. The molecule has 9 heteroatoms. The number of anilines is 1. The summed E-state index contributed by atoms with van der Waals surface area (Å²) >= 11 is 0. The fraction of sp³-hybridized carbons (Fsp3) is 0.500. The third-order valence-corrected chi connectivity index (χ3v) is 4.08. The zero-order valence-electron chi connectivity index (χ0n) is 11.4. The second-order valence-corrected chi connectivity index (χ2v) is 6.47. The van der Waals surface area contributed by atoms with Gasteiger partial charge in [0.2, 0.25) is 0 Å². The van der Waals surface area contributed by atoms with Crippen LogP contribution in [-0.4, -0.2) is 33.0 Å². The number of nitrogens with one attached hydrogen (secondary N) is 1. The maximum atomic E-state index is 11.1. The molecule has 1 unspecified atom stereocenters. The maximum Gasteiger partial charge on any atom is 0.292 e. The number of piperidine rings is 1. The number of benzene rings is 1. The highest BCUT2D eigenvalue weighted by molar-refractivity contribution is 7.87. The van der Waals surface area contributed by atoms with Gasteiger partial charge in [0.25, 0.3) is 15.9 Å². The summed E-state index contributed by atoms with van der Waals surface area (Å²) in [7, 11) is -3.70. The van der Waals surface area contributed by atoms with E-state index in [-0.39, 0.29) is 18.2 Å². The Balaban J connectivity index is 2.09. The first-order valence-electron chi connectivity index (χ1n) is 6.62. The number of rotatable bonds is 5. The van der Waals surface area contributed by atoms with Gasteiger partial charge in [0.1, 0.15) is 5.69 Å². The van der Waals surface area contributed by atoms with Crippen molar-refractivity contribution in [2.45, 2.75) is 12.8 Å². The summed E-state index contributed by atoms with van der Waals surface area (Å²) in [5, 5.41) is 16.0. The molecular weight excluding hydrogens is 296 g/mol. The Morgan fingerprint density at radius 1 is 1.43 bits per heavy atom. The Morgan fingerprint density at radius 2 is 2.14 bits per heavy atom. The molecule has 116 valence electrons. The van der Waals surface area contributed by atoms with E-state index in [1.807, 2.05) is 4.90 Å². The fourth-order valence-corrected chi connectivity index (χ4v) is 3.04. The Kier molecular flexibility index (Phi) is 4.76. The van der Waals surface area contributed by atoms with Crippen LogP contribution in [0.25, 0.3) is 0 Å². The lowest BCUT2D eigenvalue weighted by Crippen LogP contribution is -2.42. The number of nitrogens with zero attached hydrogens (tertiary/aromatic N) is 2. The molecule has 21 heavy (non-hydrogen) atoms. The van der Waals surface area contributed by atoms with E-state index >= 15 is 0 Å². The van der Waals surface area contributed by atoms with E-state index in [2.05, 4.69) is 4.72 Å². The summed E-state index contributed by atoms with van der Waals surface area (Å²) < 4.78 is 24.2. The van der Waals surface area contributed by atoms with Crippen LogP contribution in [0.2, 0.25) is 0 Å². The first kappa shape index (κ1) is 15.7. The van der Waals surface area contributed by atoms with Crippen LogP contribution in [0.15, 0.2) is 24.3 Å². The van der Waals surface area contributed by atoms with Gasteiger partial charge in [0, 0.05) is 25.7 Å². The highest BCUT2D eigenvalue weighted by Gasteiger charge is 2.25. The van der Waals surface area contributed by atoms with E-state index in [0.29, 0.717) is 12.2 Å². The van der Waals surface area contributed by atoms with Gasteiger partial charge in [-0.3, -0.25) is 10.1 Å². The van der Waals surface area contributed by atoms with Crippen molar-refractivity contribution in [2.24, 2.45) is 11.1 Å². The van der Waals surface area contributed by atoms with Gasteiger partial charge >= 0.3 is 0 Å². The molecule has 1 atom stereocenters. The average Bonchev–Trinajstić information content (AvgIpc) is 2.45. The Hall–Kier alpha value is -1.71. The van der Waals surface area contributed by atoms with Crippen molar-refractivity contribution in [3.8, 4) is 0 Å². The summed E-state index contributed by atoms with van der Waals surface area (Å²) in [4.78, 5) is 12.6. The van der Waals surface area contributed by atoms with Gasteiger partial charge in [-0.15, -0.1) is 0 Å². The smallest absolute Gasteiger partial charge is 0.292 e. The van der Waals surface area contributed by atoms with Crippen LogP contribution in [0.1, 0.15) is 12.8 Å². The Morgan fingerprint density at radius 3 is 2.81 bits per heavy atom. The van der Waals surface area contributed by atoms with Gasteiger partial charge in [-0.05, 0) is 24.8 Å². The normalized spacial score (nSPS) is 19.5. The van der Waals surface area contributed by atoms with Crippen LogP contribution in [-0.2, 0) is 10.2 Å². The number of hydrogen-bond donors (Lipinski definition) is 2. The van der Waals surface area contributed by atoms with Crippen LogP contribution < -0.4 is 14.8 Å². The van der Waals surface area contributed by atoms with Crippen molar-refractivity contribution < 1.29 is 13.3 Å². The highest BCUT2D eigenvalue weighted by Crippen LogP contribution is 2.30. The molecule has 1 aliphatic rings. The van der Waals surface area contributed by atoms with E-state index in [9.17, 15) is 18.5 Å². The van der Waals surface area contributed by atoms with E-state index in [1.54, 1.807) is 18.2 Å². The molecule has 1 fully saturated rings. The first-order valence-corrected chi connectivity index (χ1v) is 8.17. The third-order valence-electron chi connectivity index (χ3n) is 3.51. The minimum absolute atomic E-state index is 0.0672. The number of nitro benzene ring substituents is 1. The minimum atomic E-state index is -3.70. The summed E-state index contributed by atoms with van der Waals surface area (Å²) in [6.07, 6.45) is 1.71. The molecule has 0 aliphatic carbocycles. The van der Waals surface area contributed by atoms with Gasteiger partial charge < -0.3 is 4.90 Å². The van der Waals surface area contributed by atoms with Gasteiger partial charge in [-0.1, -0.05) is 12.1 Å². The molecular formula is C12H18N4O4S. The zero-order valence-corrected chi connectivity index (χ0v) is 12.3. The minimum Gasteiger partial charge on any atom is -0.366 e. The van der Waals surface area contributed by atoms with Crippen molar-refractivity contribution in [2.75, 3.05) is 24.5 Å². The van der Waals surface area contributed by atoms with Crippen molar-refractivity contribution >= 4 is 21.6 Å². The second kappa shape index (κ2) is 6.37. The molecule has 8 nitrogen and oxygen atoms in total. The topological polar surface area (TPSA) is 119 Å². The van der Waals surface area contributed by atoms with Gasteiger partial charge in [0.15, 0.2) is 0 Å². The van der Waals surface area contributed by atoms with Crippen LogP contribution >= 0.6 is 0 Å². The molecule has 0 radical (unpaired) electrons. The third kappa shape index (κ3) is 4.38. The van der Waals surface area contributed by atoms with E-state index in [4.69, 9.17) is 5.14 Å². The predicted molar refractivity (Wildman–Crippen MR) is 79.1 cm³/mol. The first-order chi connectivity index (χ1) is 9.87. The second-order valence-electron chi connectivity index (χ2n) is 5.09. The number of para-hydroxylation sites is 2. The lowest BCUT2D eigenvalue weighted by Gasteiger charge is -2.34. The van der Waals surface area contributed by atoms with E-state index in [1.165, 1.54) is 6.07 Å². The number of hydrogen-bond acceptors (Lipinski definition) is 5. The number of nitro groups is 1.